The summed E-state index contributed by atoms with van der Waals surface area (Å²) in [5, 5.41) is 0. The molecule has 0 radical (unpaired) electrons. The first-order valence-corrected chi connectivity index (χ1v) is 9.92. The number of likely N-dealkylation sites (tertiary alicyclic amines) is 1. The summed E-state index contributed by atoms with van der Waals surface area (Å²) >= 11 is 0. The molecule has 3 rings (SSSR count). The number of ether oxygens (including phenoxy) is 4. The lowest BCUT2D eigenvalue weighted by Gasteiger charge is -2.19. The quantitative estimate of drug-likeness (QED) is 0.339. The van der Waals surface area contributed by atoms with E-state index < -0.39 is 5.92 Å². The minimum absolute atomic E-state index is 0.155. The summed E-state index contributed by atoms with van der Waals surface area (Å²) in [7, 11) is 2.95. The summed E-state index contributed by atoms with van der Waals surface area (Å²) in [4.78, 5) is 25.0. The maximum atomic E-state index is 12.2. The summed E-state index contributed by atoms with van der Waals surface area (Å²) in [6.45, 7) is 1.80. The maximum absolute atomic E-state index is 12.2. The van der Waals surface area contributed by atoms with E-state index in [2.05, 4.69) is 0 Å². The largest absolute Gasteiger partial charge is 0.493 e. The number of hydrogen-bond acceptors (Lipinski definition) is 6. The van der Waals surface area contributed by atoms with Gasteiger partial charge in [-0.05, 0) is 29.8 Å². The zero-order valence-electron chi connectivity index (χ0n) is 17.3. The van der Waals surface area contributed by atoms with E-state index >= 15 is 0 Å². The smallest absolute Gasteiger partial charge is 0.311 e. The van der Waals surface area contributed by atoms with E-state index in [0.29, 0.717) is 44.2 Å². The van der Waals surface area contributed by atoms with E-state index in [-0.39, 0.29) is 11.9 Å². The molecule has 30 heavy (non-hydrogen) atoms. The van der Waals surface area contributed by atoms with Crippen LogP contribution in [0.1, 0.15) is 17.9 Å². The predicted octanol–water partition coefficient (Wildman–Crippen LogP) is 2.89. The normalized spacial score (nSPS) is 18.0. The molecule has 1 aliphatic heterocycles. The van der Waals surface area contributed by atoms with Crippen molar-refractivity contribution in [3.8, 4) is 17.2 Å². The summed E-state index contributed by atoms with van der Waals surface area (Å²) in [6, 6.07) is 15.2. The predicted molar refractivity (Wildman–Crippen MR) is 111 cm³/mol. The van der Waals surface area contributed by atoms with E-state index in [1.54, 1.807) is 12.0 Å². The molecule has 0 N–H and O–H groups in total. The molecule has 7 heteroatoms. The fraction of sp³-hybridized carbons (Fsp3) is 0.391. The van der Waals surface area contributed by atoms with Gasteiger partial charge in [-0.3, -0.25) is 9.59 Å². The third-order valence-corrected chi connectivity index (χ3v) is 5.18. The Bertz CT molecular complexity index is 841. The van der Waals surface area contributed by atoms with Crippen LogP contribution < -0.4 is 14.2 Å². The first-order chi connectivity index (χ1) is 14.7. The fourth-order valence-electron chi connectivity index (χ4n) is 3.63. The van der Waals surface area contributed by atoms with Crippen LogP contribution in [0.4, 0.5) is 0 Å². The molecule has 2 unspecified atom stereocenters. The molecule has 0 spiro atoms. The van der Waals surface area contributed by atoms with Gasteiger partial charge in [0.15, 0.2) is 11.5 Å². The van der Waals surface area contributed by atoms with Gasteiger partial charge in [0.1, 0.15) is 5.75 Å². The highest BCUT2D eigenvalue weighted by Crippen LogP contribution is 2.37. The van der Waals surface area contributed by atoms with Crippen molar-refractivity contribution >= 4 is 12.4 Å². The molecule has 1 heterocycles. The van der Waals surface area contributed by atoms with Crippen LogP contribution in [0.25, 0.3) is 0 Å². The highest BCUT2D eigenvalue weighted by Gasteiger charge is 2.39. The molecule has 2 aromatic carbocycles. The van der Waals surface area contributed by atoms with Crippen molar-refractivity contribution in [3.05, 3.63) is 54.1 Å². The molecule has 1 saturated heterocycles. The Kier molecular flexibility index (Phi) is 7.54. The minimum atomic E-state index is -0.402. The number of hydrogen-bond donors (Lipinski definition) is 0. The van der Waals surface area contributed by atoms with Crippen molar-refractivity contribution in [3.63, 3.8) is 0 Å². The maximum Gasteiger partial charge on any atom is 0.311 e. The lowest BCUT2D eigenvalue weighted by molar-refractivity contribution is -0.145. The third-order valence-electron chi connectivity index (χ3n) is 5.18. The Labute approximate surface area is 176 Å². The van der Waals surface area contributed by atoms with Gasteiger partial charge in [0.05, 0.1) is 33.4 Å². The number of esters is 1. The SMILES string of the molecule is COC(=O)C1CN(C=O)CC1c1ccc(OC)c(OCCCOc2ccccc2)c1. The molecule has 2 atom stereocenters. The average Bonchev–Trinajstić information content (AvgIpc) is 3.23. The van der Waals surface area contributed by atoms with Crippen LogP contribution in [0.5, 0.6) is 17.2 Å². The number of carbonyl (C=O) groups excluding carboxylic acids is 2. The number of methoxy groups -OCH3 is 2. The minimum Gasteiger partial charge on any atom is -0.493 e. The van der Waals surface area contributed by atoms with Crippen LogP contribution in [-0.4, -0.2) is 57.8 Å². The molecule has 1 amide bonds. The number of rotatable bonds is 10. The second-order valence-electron chi connectivity index (χ2n) is 7.07. The van der Waals surface area contributed by atoms with Crippen LogP contribution in [0.2, 0.25) is 0 Å². The summed E-state index contributed by atoms with van der Waals surface area (Å²) in [5.41, 5.74) is 0.908. The van der Waals surface area contributed by atoms with Crippen molar-refractivity contribution in [2.75, 3.05) is 40.5 Å². The molecule has 0 aromatic heterocycles. The summed E-state index contributed by atoms with van der Waals surface area (Å²) in [6.07, 6.45) is 1.47. The topological polar surface area (TPSA) is 74.3 Å². The molecule has 1 fully saturated rings. The van der Waals surface area contributed by atoms with Crippen molar-refractivity contribution in [2.24, 2.45) is 5.92 Å². The van der Waals surface area contributed by atoms with Gasteiger partial charge in [-0.2, -0.15) is 0 Å². The second-order valence-corrected chi connectivity index (χ2v) is 7.07. The molecule has 0 aliphatic carbocycles. The van der Waals surface area contributed by atoms with Gasteiger partial charge in [-0.1, -0.05) is 24.3 Å². The number of para-hydroxylation sites is 1. The molecule has 0 saturated carbocycles. The monoisotopic (exact) mass is 413 g/mol. The van der Waals surface area contributed by atoms with Crippen LogP contribution in [0.3, 0.4) is 0 Å². The first-order valence-electron chi connectivity index (χ1n) is 9.92. The van der Waals surface area contributed by atoms with Gasteiger partial charge < -0.3 is 23.8 Å². The molecule has 160 valence electrons. The Morgan fingerprint density at radius 1 is 1.03 bits per heavy atom. The van der Waals surface area contributed by atoms with Gasteiger partial charge >= 0.3 is 5.97 Å². The Hall–Kier alpha value is -3.22. The Morgan fingerprint density at radius 3 is 2.50 bits per heavy atom. The van der Waals surface area contributed by atoms with Crippen molar-refractivity contribution in [1.82, 2.24) is 4.90 Å². The van der Waals surface area contributed by atoms with E-state index in [1.807, 2.05) is 48.5 Å². The highest BCUT2D eigenvalue weighted by atomic mass is 16.5. The summed E-state index contributed by atoms with van der Waals surface area (Å²) < 4.78 is 22.0. The lowest BCUT2D eigenvalue weighted by Crippen LogP contribution is -2.24. The van der Waals surface area contributed by atoms with E-state index in [0.717, 1.165) is 17.7 Å². The van der Waals surface area contributed by atoms with Crippen molar-refractivity contribution < 1.29 is 28.5 Å². The van der Waals surface area contributed by atoms with Crippen LogP contribution in [-0.2, 0) is 14.3 Å². The number of benzene rings is 2. The highest BCUT2D eigenvalue weighted by molar-refractivity contribution is 5.75. The fourth-order valence-corrected chi connectivity index (χ4v) is 3.63. The van der Waals surface area contributed by atoms with Crippen LogP contribution >= 0.6 is 0 Å². The molecule has 7 nitrogen and oxygen atoms in total. The van der Waals surface area contributed by atoms with Crippen molar-refractivity contribution in [1.29, 1.82) is 0 Å². The van der Waals surface area contributed by atoms with Gasteiger partial charge in [0.25, 0.3) is 0 Å². The second kappa shape index (κ2) is 10.5. The average molecular weight is 413 g/mol. The lowest BCUT2D eigenvalue weighted by atomic mass is 9.89. The van der Waals surface area contributed by atoms with Crippen LogP contribution in [0.15, 0.2) is 48.5 Å². The zero-order chi connectivity index (χ0) is 21.3. The van der Waals surface area contributed by atoms with E-state index in [1.165, 1.54) is 7.11 Å². The third kappa shape index (κ3) is 5.23. The Balaban J connectivity index is 1.64. The van der Waals surface area contributed by atoms with Gasteiger partial charge in [-0.15, -0.1) is 0 Å². The molecular formula is C23H27NO6. The van der Waals surface area contributed by atoms with Gasteiger partial charge in [0, 0.05) is 25.4 Å². The Morgan fingerprint density at radius 2 is 1.80 bits per heavy atom. The van der Waals surface area contributed by atoms with Gasteiger partial charge in [0.2, 0.25) is 6.41 Å². The number of amides is 1. The van der Waals surface area contributed by atoms with E-state index in [4.69, 9.17) is 18.9 Å². The summed E-state index contributed by atoms with van der Waals surface area (Å²) in [5.74, 6) is 1.16. The van der Waals surface area contributed by atoms with Crippen molar-refractivity contribution in [2.45, 2.75) is 12.3 Å². The molecule has 1 aliphatic rings. The first kappa shape index (κ1) is 21.5. The molecule has 0 bridgehead atoms. The molecular weight excluding hydrogens is 386 g/mol. The number of nitrogens with zero attached hydrogens (tertiary/aromatic N) is 1. The van der Waals surface area contributed by atoms with E-state index in [9.17, 15) is 9.59 Å². The van der Waals surface area contributed by atoms with Crippen LogP contribution in [0, 0.1) is 5.92 Å². The standard InChI is InChI=1S/C23H27NO6/c1-27-21-10-9-17(19-14-24(16-25)15-20(19)23(26)28-2)13-22(21)30-12-6-11-29-18-7-4-3-5-8-18/h3-5,7-10,13,16,19-20H,6,11-12,14-15H2,1-2H3. The molecule has 2 aromatic rings. The number of carbonyl (C=O) groups is 2. The zero-order valence-corrected chi connectivity index (χ0v) is 17.3. The van der Waals surface area contributed by atoms with Gasteiger partial charge in [-0.25, -0.2) is 0 Å².